The molecular formula is C25H23N3O3S. The van der Waals surface area contributed by atoms with E-state index in [-0.39, 0.29) is 23.9 Å². The van der Waals surface area contributed by atoms with Crippen LogP contribution in [0.15, 0.2) is 96.0 Å². The standard InChI is InChI=1S/C18H15N3O3S.C7H8/c22-17-12-21(11-14-5-1-2-8-15(14)20-17)25(23,24)16-9-3-6-13-7-4-10-19-18(13)16;1-7-5-3-2-4-6-7/h1-10H,11-12H2,(H,20,22);2-6H,1H3. The molecule has 0 unspecified atom stereocenters. The second kappa shape index (κ2) is 9.30. The zero-order chi connectivity index (χ0) is 22.6. The number of fused-ring (bicyclic) bond motifs is 2. The van der Waals surface area contributed by atoms with Crippen LogP contribution in [-0.2, 0) is 21.4 Å². The first-order valence-electron chi connectivity index (χ1n) is 10.2. The lowest BCUT2D eigenvalue weighted by Crippen LogP contribution is -2.35. The molecule has 7 heteroatoms. The van der Waals surface area contributed by atoms with Gasteiger partial charge in [0.1, 0.15) is 4.90 Å². The predicted molar refractivity (Wildman–Crippen MR) is 126 cm³/mol. The number of hydrogen-bond donors (Lipinski definition) is 1. The molecule has 0 atom stereocenters. The van der Waals surface area contributed by atoms with Gasteiger partial charge in [0.05, 0.1) is 12.1 Å². The molecule has 1 amide bonds. The molecule has 1 aliphatic heterocycles. The molecule has 0 saturated carbocycles. The Morgan fingerprint density at radius 3 is 2.31 bits per heavy atom. The first kappa shape index (κ1) is 21.7. The van der Waals surface area contributed by atoms with Crippen molar-refractivity contribution in [3.8, 4) is 0 Å². The summed E-state index contributed by atoms with van der Waals surface area (Å²) >= 11 is 0. The second-order valence-electron chi connectivity index (χ2n) is 7.46. The Labute approximate surface area is 187 Å². The number of hydrogen-bond acceptors (Lipinski definition) is 4. The summed E-state index contributed by atoms with van der Waals surface area (Å²) in [4.78, 5) is 16.5. The van der Waals surface area contributed by atoms with Gasteiger partial charge >= 0.3 is 0 Å². The van der Waals surface area contributed by atoms with E-state index in [9.17, 15) is 13.2 Å². The predicted octanol–water partition coefficient (Wildman–Crippen LogP) is 4.37. The van der Waals surface area contributed by atoms with Crippen LogP contribution in [0.25, 0.3) is 10.9 Å². The van der Waals surface area contributed by atoms with Gasteiger partial charge in [0, 0.05) is 23.8 Å². The fourth-order valence-electron chi connectivity index (χ4n) is 3.50. The van der Waals surface area contributed by atoms with Gasteiger partial charge in [-0.3, -0.25) is 9.78 Å². The minimum atomic E-state index is -3.88. The van der Waals surface area contributed by atoms with Crippen LogP contribution in [0.2, 0.25) is 0 Å². The largest absolute Gasteiger partial charge is 0.325 e. The Morgan fingerprint density at radius 2 is 1.56 bits per heavy atom. The molecule has 32 heavy (non-hydrogen) atoms. The Balaban J connectivity index is 0.000000300. The van der Waals surface area contributed by atoms with Crippen molar-refractivity contribution in [2.45, 2.75) is 18.4 Å². The smallest absolute Gasteiger partial charge is 0.246 e. The molecule has 0 bridgehead atoms. The van der Waals surface area contributed by atoms with Crippen LogP contribution in [0.5, 0.6) is 0 Å². The number of sulfonamides is 1. The number of nitrogens with one attached hydrogen (secondary N) is 1. The maximum absolute atomic E-state index is 13.2. The molecule has 4 aromatic rings. The number of nitrogens with zero attached hydrogens (tertiary/aromatic N) is 2. The van der Waals surface area contributed by atoms with Crippen molar-refractivity contribution in [2.75, 3.05) is 11.9 Å². The van der Waals surface area contributed by atoms with Crippen molar-refractivity contribution in [1.82, 2.24) is 9.29 Å². The lowest BCUT2D eigenvalue weighted by Gasteiger charge is -2.20. The maximum Gasteiger partial charge on any atom is 0.246 e. The highest BCUT2D eigenvalue weighted by Gasteiger charge is 2.31. The van der Waals surface area contributed by atoms with E-state index < -0.39 is 10.0 Å². The molecule has 1 N–H and O–H groups in total. The highest BCUT2D eigenvalue weighted by Crippen LogP contribution is 2.28. The number of aryl methyl sites for hydroxylation is 1. The van der Waals surface area contributed by atoms with Gasteiger partial charge in [-0.25, -0.2) is 8.42 Å². The highest BCUT2D eigenvalue weighted by molar-refractivity contribution is 7.89. The lowest BCUT2D eigenvalue weighted by atomic mass is 10.2. The van der Waals surface area contributed by atoms with Gasteiger partial charge in [-0.05, 0) is 30.7 Å². The number of amides is 1. The van der Waals surface area contributed by atoms with Gasteiger partial charge in [-0.15, -0.1) is 0 Å². The molecule has 5 rings (SSSR count). The van der Waals surface area contributed by atoms with Gasteiger partial charge < -0.3 is 5.32 Å². The average Bonchev–Trinajstić information content (AvgIpc) is 2.98. The number of benzene rings is 3. The molecule has 6 nitrogen and oxygen atoms in total. The molecule has 0 radical (unpaired) electrons. The molecule has 3 aromatic carbocycles. The summed E-state index contributed by atoms with van der Waals surface area (Å²) in [5.41, 5.74) is 3.12. The van der Waals surface area contributed by atoms with E-state index in [1.165, 1.54) is 15.9 Å². The Kier molecular flexibility index (Phi) is 6.30. The van der Waals surface area contributed by atoms with Gasteiger partial charge in [0.2, 0.25) is 15.9 Å². The molecule has 2 heterocycles. The zero-order valence-corrected chi connectivity index (χ0v) is 18.4. The summed E-state index contributed by atoms with van der Waals surface area (Å²) in [6.45, 7) is 1.97. The molecule has 1 aromatic heterocycles. The normalized spacial score (nSPS) is 14.0. The van der Waals surface area contributed by atoms with E-state index in [1.807, 2.05) is 42.5 Å². The van der Waals surface area contributed by atoms with Crippen LogP contribution in [0.1, 0.15) is 11.1 Å². The third-order valence-electron chi connectivity index (χ3n) is 5.11. The number of aromatic nitrogens is 1. The molecule has 0 saturated heterocycles. The first-order chi connectivity index (χ1) is 15.4. The van der Waals surface area contributed by atoms with Crippen LogP contribution < -0.4 is 5.32 Å². The Hall–Kier alpha value is -3.55. The number of para-hydroxylation sites is 2. The second-order valence-corrected chi connectivity index (χ2v) is 9.37. The van der Waals surface area contributed by atoms with Crippen molar-refractivity contribution in [1.29, 1.82) is 0 Å². The van der Waals surface area contributed by atoms with E-state index in [0.717, 1.165) is 10.9 Å². The molecule has 162 valence electrons. The van der Waals surface area contributed by atoms with Crippen LogP contribution in [0.4, 0.5) is 5.69 Å². The highest BCUT2D eigenvalue weighted by atomic mass is 32.2. The van der Waals surface area contributed by atoms with Gasteiger partial charge in [-0.1, -0.05) is 72.3 Å². The lowest BCUT2D eigenvalue weighted by molar-refractivity contribution is -0.116. The fourth-order valence-corrected chi connectivity index (χ4v) is 5.04. The third kappa shape index (κ3) is 4.69. The quantitative estimate of drug-likeness (QED) is 0.497. The van der Waals surface area contributed by atoms with E-state index >= 15 is 0 Å². The number of anilines is 1. The maximum atomic E-state index is 13.2. The summed E-state index contributed by atoms with van der Waals surface area (Å²) in [6, 6.07) is 26.1. The van der Waals surface area contributed by atoms with Crippen LogP contribution >= 0.6 is 0 Å². The molecule has 0 spiro atoms. The summed E-state index contributed by atoms with van der Waals surface area (Å²) in [7, 11) is -3.88. The summed E-state index contributed by atoms with van der Waals surface area (Å²) < 4.78 is 27.6. The van der Waals surface area contributed by atoms with E-state index in [2.05, 4.69) is 29.4 Å². The minimum Gasteiger partial charge on any atom is -0.325 e. The molecule has 0 aliphatic carbocycles. The van der Waals surface area contributed by atoms with E-state index in [4.69, 9.17) is 0 Å². The third-order valence-corrected chi connectivity index (χ3v) is 6.94. The van der Waals surface area contributed by atoms with E-state index in [0.29, 0.717) is 11.2 Å². The number of rotatable bonds is 2. The van der Waals surface area contributed by atoms with Gasteiger partial charge in [-0.2, -0.15) is 4.31 Å². The number of carbonyl (C=O) groups excluding carboxylic acids is 1. The van der Waals surface area contributed by atoms with Crippen LogP contribution in [0.3, 0.4) is 0 Å². The monoisotopic (exact) mass is 445 g/mol. The van der Waals surface area contributed by atoms with Crippen molar-refractivity contribution in [3.63, 3.8) is 0 Å². The zero-order valence-electron chi connectivity index (χ0n) is 17.6. The summed E-state index contributed by atoms with van der Waals surface area (Å²) in [6.07, 6.45) is 1.56. The average molecular weight is 446 g/mol. The van der Waals surface area contributed by atoms with Crippen molar-refractivity contribution >= 4 is 32.5 Å². The van der Waals surface area contributed by atoms with Gasteiger partial charge in [0.15, 0.2) is 0 Å². The van der Waals surface area contributed by atoms with E-state index in [1.54, 1.807) is 30.5 Å². The van der Waals surface area contributed by atoms with Crippen molar-refractivity contribution in [2.24, 2.45) is 0 Å². The number of pyridine rings is 1. The topological polar surface area (TPSA) is 79.4 Å². The van der Waals surface area contributed by atoms with Crippen molar-refractivity contribution in [3.05, 3.63) is 102 Å². The van der Waals surface area contributed by atoms with Gasteiger partial charge in [0.25, 0.3) is 0 Å². The molecule has 0 fully saturated rings. The summed E-state index contributed by atoms with van der Waals surface area (Å²) in [5.74, 6) is -0.360. The summed E-state index contributed by atoms with van der Waals surface area (Å²) in [5, 5.41) is 3.49. The Bertz CT molecular complexity index is 1350. The molecular weight excluding hydrogens is 422 g/mol. The van der Waals surface area contributed by atoms with Crippen LogP contribution in [-0.4, -0.2) is 30.2 Å². The van der Waals surface area contributed by atoms with Crippen molar-refractivity contribution < 1.29 is 13.2 Å². The Morgan fingerprint density at radius 1 is 0.844 bits per heavy atom. The number of carbonyl (C=O) groups is 1. The first-order valence-corrected chi connectivity index (χ1v) is 11.6. The van der Waals surface area contributed by atoms with Crippen LogP contribution in [0, 0.1) is 6.92 Å². The SMILES string of the molecule is Cc1ccccc1.O=C1CN(S(=O)(=O)c2cccc3cccnc23)Cc2ccccc2N1. The minimum absolute atomic E-state index is 0.109. The fraction of sp³-hybridized carbons (Fsp3) is 0.120. The molecule has 1 aliphatic rings.